The molecule has 4 aromatic rings. The first-order valence-electron chi connectivity index (χ1n) is 11.1. The second kappa shape index (κ2) is 9.18. The molecule has 1 saturated heterocycles. The molecule has 8 nitrogen and oxygen atoms in total. The molecule has 0 unspecified atom stereocenters. The van der Waals surface area contributed by atoms with E-state index in [9.17, 15) is 9.59 Å². The van der Waals surface area contributed by atoms with E-state index in [1.54, 1.807) is 23.3 Å². The summed E-state index contributed by atoms with van der Waals surface area (Å²) in [4.78, 5) is 31.1. The Morgan fingerprint density at radius 2 is 1.50 bits per heavy atom. The van der Waals surface area contributed by atoms with Gasteiger partial charge in [0.2, 0.25) is 5.13 Å². The lowest BCUT2D eigenvalue weighted by atomic mass is 9.94. The van der Waals surface area contributed by atoms with Crippen LogP contribution in [0.4, 0.5) is 5.13 Å². The quantitative estimate of drug-likeness (QED) is 0.453. The van der Waals surface area contributed by atoms with E-state index >= 15 is 0 Å². The summed E-state index contributed by atoms with van der Waals surface area (Å²) in [5.74, 6) is -0.271. The zero-order valence-electron chi connectivity index (χ0n) is 19.0. The van der Waals surface area contributed by atoms with Crippen molar-refractivity contribution in [3.05, 3.63) is 81.6 Å². The van der Waals surface area contributed by atoms with E-state index < -0.39 is 5.56 Å². The molecule has 0 aliphatic carbocycles. The molecule has 0 N–H and O–H groups in total. The Morgan fingerprint density at radius 1 is 0.882 bits per heavy atom. The standard InChI is InChI=1S/C25H24N6O2S/c1-17-26-27-25(34-17)31-15-13-30(14-16-31)24(33)21-20(18-9-5-3-6-10-18)22(28-29(2)23(21)32)19-11-7-4-8-12-19/h3-12H,13-16H2,1-2H3. The fraction of sp³-hybridized carbons (Fsp3) is 0.240. The maximum Gasteiger partial charge on any atom is 0.280 e. The normalized spacial score (nSPS) is 13.8. The van der Waals surface area contributed by atoms with Crippen LogP contribution in [0.15, 0.2) is 65.5 Å². The zero-order valence-corrected chi connectivity index (χ0v) is 19.8. The van der Waals surface area contributed by atoms with Crippen LogP contribution in [0, 0.1) is 6.92 Å². The molecule has 9 heteroatoms. The summed E-state index contributed by atoms with van der Waals surface area (Å²) >= 11 is 1.54. The third-order valence-electron chi connectivity index (χ3n) is 5.92. The van der Waals surface area contributed by atoms with Crippen molar-refractivity contribution in [1.82, 2.24) is 24.9 Å². The highest BCUT2D eigenvalue weighted by Crippen LogP contribution is 2.32. The number of aryl methyl sites for hydroxylation is 2. The van der Waals surface area contributed by atoms with Gasteiger partial charge in [0.1, 0.15) is 10.6 Å². The molecule has 1 aliphatic heterocycles. The fourth-order valence-corrected chi connectivity index (χ4v) is 4.93. The van der Waals surface area contributed by atoms with Gasteiger partial charge in [-0.25, -0.2) is 4.68 Å². The van der Waals surface area contributed by atoms with Crippen LogP contribution in [0.3, 0.4) is 0 Å². The summed E-state index contributed by atoms with van der Waals surface area (Å²) < 4.78 is 1.27. The molecule has 1 aliphatic rings. The predicted molar refractivity (Wildman–Crippen MR) is 133 cm³/mol. The number of carbonyl (C=O) groups is 1. The maximum absolute atomic E-state index is 13.8. The largest absolute Gasteiger partial charge is 0.343 e. The number of carbonyl (C=O) groups excluding carboxylic acids is 1. The van der Waals surface area contributed by atoms with Crippen molar-refractivity contribution in [3.63, 3.8) is 0 Å². The molecule has 3 heterocycles. The van der Waals surface area contributed by atoms with Gasteiger partial charge in [-0.05, 0) is 12.5 Å². The van der Waals surface area contributed by atoms with E-state index in [0.29, 0.717) is 37.4 Å². The molecule has 0 bridgehead atoms. The molecule has 1 fully saturated rings. The molecule has 2 aromatic carbocycles. The van der Waals surface area contributed by atoms with Crippen molar-refractivity contribution in [2.24, 2.45) is 7.05 Å². The van der Waals surface area contributed by atoms with Gasteiger partial charge < -0.3 is 9.80 Å². The molecule has 0 atom stereocenters. The van der Waals surface area contributed by atoms with Crippen molar-refractivity contribution in [2.45, 2.75) is 6.92 Å². The summed E-state index contributed by atoms with van der Waals surface area (Å²) in [5.41, 5.74) is 2.58. The van der Waals surface area contributed by atoms with Crippen molar-refractivity contribution >= 4 is 22.4 Å². The number of hydrogen-bond donors (Lipinski definition) is 0. The average Bonchev–Trinajstić information content (AvgIpc) is 3.32. The molecule has 1 amide bonds. The minimum Gasteiger partial charge on any atom is -0.343 e. The van der Waals surface area contributed by atoms with E-state index in [2.05, 4.69) is 20.2 Å². The fourth-order valence-electron chi connectivity index (χ4n) is 4.19. The van der Waals surface area contributed by atoms with Gasteiger partial charge in [0.05, 0.1) is 5.69 Å². The molecule has 172 valence electrons. The summed E-state index contributed by atoms with van der Waals surface area (Å²) in [6, 6.07) is 19.2. The third kappa shape index (κ3) is 4.10. The topological polar surface area (TPSA) is 84.2 Å². The lowest BCUT2D eigenvalue weighted by Crippen LogP contribution is -2.50. The number of amides is 1. The molecule has 0 spiro atoms. The van der Waals surface area contributed by atoms with Crippen LogP contribution in [-0.2, 0) is 7.05 Å². The number of piperazine rings is 1. The van der Waals surface area contributed by atoms with Gasteiger partial charge in [0.15, 0.2) is 0 Å². The van der Waals surface area contributed by atoms with E-state index in [0.717, 1.165) is 21.3 Å². The van der Waals surface area contributed by atoms with Crippen molar-refractivity contribution in [1.29, 1.82) is 0 Å². The molecule has 2 aromatic heterocycles. The molecular weight excluding hydrogens is 448 g/mol. The van der Waals surface area contributed by atoms with E-state index in [1.807, 2.05) is 67.6 Å². The highest BCUT2D eigenvalue weighted by Gasteiger charge is 2.30. The predicted octanol–water partition coefficient (Wildman–Crippen LogP) is 3.24. The first-order chi connectivity index (χ1) is 16.5. The van der Waals surface area contributed by atoms with Crippen LogP contribution in [0.25, 0.3) is 22.4 Å². The maximum atomic E-state index is 13.8. The van der Waals surface area contributed by atoms with Gasteiger partial charge in [-0.15, -0.1) is 10.2 Å². The Morgan fingerprint density at radius 3 is 2.09 bits per heavy atom. The van der Waals surface area contributed by atoms with E-state index in [-0.39, 0.29) is 11.5 Å². The van der Waals surface area contributed by atoms with E-state index in [1.165, 1.54) is 4.68 Å². The van der Waals surface area contributed by atoms with E-state index in [4.69, 9.17) is 0 Å². The number of aromatic nitrogens is 4. The second-order valence-corrected chi connectivity index (χ2v) is 9.30. The minimum atomic E-state index is -0.397. The first-order valence-corrected chi connectivity index (χ1v) is 11.9. The smallest absolute Gasteiger partial charge is 0.280 e. The molecular formula is C25H24N6O2S. The van der Waals surface area contributed by atoms with Gasteiger partial charge in [-0.1, -0.05) is 72.0 Å². The third-order valence-corrected chi connectivity index (χ3v) is 6.82. The second-order valence-electron chi connectivity index (χ2n) is 8.14. The highest BCUT2D eigenvalue weighted by molar-refractivity contribution is 7.15. The van der Waals surface area contributed by atoms with Crippen LogP contribution < -0.4 is 10.5 Å². The van der Waals surface area contributed by atoms with Crippen molar-refractivity contribution in [2.75, 3.05) is 31.1 Å². The number of anilines is 1. The van der Waals surface area contributed by atoms with Gasteiger partial charge >= 0.3 is 0 Å². The number of benzene rings is 2. The zero-order chi connectivity index (χ0) is 23.7. The summed E-state index contributed by atoms with van der Waals surface area (Å²) in [6.45, 7) is 4.20. The van der Waals surface area contributed by atoms with Crippen LogP contribution in [-0.4, -0.2) is 57.0 Å². The highest BCUT2D eigenvalue weighted by atomic mass is 32.1. The number of hydrogen-bond acceptors (Lipinski definition) is 7. The van der Waals surface area contributed by atoms with Crippen LogP contribution in [0.2, 0.25) is 0 Å². The Hall–Kier alpha value is -3.85. The van der Waals surface area contributed by atoms with Gasteiger partial charge in [0.25, 0.3) is 11.5 Å². The van der Waals surface area contributed by atoms with Gasteiger partial charge in [-0.3, -0.25) is 9.59 Å². The van der Waals surface area contributed by atoms with Gasteiger partial charge in [0, 0.05) is 44.4 Å². The summed E-state index contributed by atoms with van der Waals surface area (Å²) in [6.07, 6.45) is 0. The lowest BCUT2D eigenvalue weighted by molar-refractivity contribution is 0.0745. The Kier molecular flexibility index (Phi) is 5.93. The average molecular weight is 473 g/mol. The summed E-state index contributed by atoms with van der Waals surface area (Å²) in [5, 5.41) is 14.7. The number of nitrogens with zero attached hydrogens (tertiary/aromatic N) is 6. The Labute approximate surface area is 201 Å². The SMILES string of the molecule is Cc1nnc(N2CCN(C(=O)c3c(-c4ccccc4)c(-c4ccccc4)nn(C)c3=O)CC2)s1. The van der Waals surface area contributed by atoms with Crippen LogP contribution >= 0.6 is 11.3 Å². The van der Waals surface area contributed by atoms with Crippen LogP contribution in [0.1, 0.15) is 15.4 Å². The van der Waals surface area contributed by atoms with Crippen molar-refractivity contribution < 1.29 is 4.79 Å². The Bertz CT molecular complexity index is 1380. The first kappa shape index (κ1) is 22.0. The minimum absolute atomic E-state index is 0.155. The van der Waals surface area contributed by atoms with Crippen molar-refractivity contribution in [3.8, 4) is 22.4 Å². The monoisotopic (exact) mass is 472 g/mol. The summed E-state index contributed by atoms with van der Waals surface area (Å²) in [7, 11) is 1.59. The molecule has 0 saturated carbocycles. The molecule has 5 rings (SSSR count). The lowest BCUT2D eigenvalue weighted by Gasteiger charge is -2.34. The number of rotatable bonds is 4. The van der Waals surface area contributed by atoms with Gasteiger partial charge in [-0.2, -0.15) is 5.10 Å². The Balaban J connectivity index is 1.56. The van der Waals surface area contributed by atoms with Crippen LogP contribution in [0.5, 0.6) is 0 Å². The molecule has 34 heavy (non-hydrogen) atoms. The molecule has 0 radical (unpaired) electrons.